The van der Waals surface area contributed by atoms with Crippen molar-refractivity contribution in [3.63, 3.8) is 0 Å². The Hall–Kier alpha value is -0.610. The zero-order chi connectivity index (χ0) is 11.5. The molecule has 0 spiro atoms. The van der Waals surface area contributed by atoms with Crippen LogP contribution in [0.1, 0.15) is 40.0 Å². The zero-order valence-electron chi connectivity index (χ0n) is 9.71. The van der Waals surface area contributed by atoms with Gasteiger partial charge in [0.15, 0.2) is 0 Å². The van der Waals surface area contributed by atoms with E-state index in [1.54, 1.807) is 6.92 Å². The van der Waals surface area contributed by atoms with Gasteiger partial charge < -0.3 is 14.6 Å². The molecular weight excluding hydrogens is 196 g/mol. The van der Waals surface area contributed by atoms with Crippen molar-refractivity contribution < 1.29 is 19.4 Å². The van der Waals surface area contributed by atoms with Crippen LogP contribution in [0.2, 0.25) is 0 Å². The lowest BCUT2D eigenvalue weighted by atomic mass is 9.82. The summed E-state index contributed by atoms with van der Waals surface area (Å²) in [7, 11) is 0. The second-order valence-corrected chi connectivity index (χ2v) is 4.74. The lowest BCUT2D eigenvalue weighted by Gasteiger charge is -2.40. The molecule has 1 N–H and O–H groups in total. The van der Waals surface area contributed by atoms with Crippen LogP contribution in [0.25, 0.3) is 0 Å². The Morgan fingerprint density at radius 3 is 2.73 bits per heavy atom. The molecule has 0 aliphatic carbocycles. The van der Waals surface area contributed by atoms with E-state index in [2.05, 4.69) is 0 Å². The molecule has 88 valence electrons. The molecule has 1 aliphatic rings. The average Bonchev–Trinajstić information content (AvgIpc) is 1.99. The number of carbonyl (C=O) groups is 1. The Morgan fingerprint density at radius 1 is 1.53 bits per heavy atom. The van der Waals surface area contributed by atoms with E-state index in [1.165, 1.54) is 0 Å². The van der Waals surface area contributed by atoms with E-state index in [4.69, 9.17) is 9.47 Å². The topological polar surface area (TPSA) is 55.8 Å². The minimum Gasteiger partial charge on any atom is -0.466 e. The largest absolute Gasteiger partial charge is 0.466 e. The maximum atomic E-state index is 11.3. The number of carbonyl (C=O) groups excluding carboxylic acids is 1. The third-order valence-corrected chi connectivity index (χ3v) is 2.59. The van der Waals surface area contributed by atoms with Crippen molar-refractivity contribution in [2.75, 3.05) is 13.2 Å². The predicted molar refractivity (Wildman–Crippen MR) is 55.5 cm³/mol. The third-order valence-electron chi connectivity index (χ3n) is 2.59. The lowest BCUT2D eigenvalue weighted by Crippen LogP contribution is -2.47. The first-order valence-electron chi connectivity index (χ1n) is 5.39. The lowest BCUT2D eigenvalue weighted by molar-refractivity contribution is -0.167. The Balaban J connectivity index is 2.54. The summed E-state index contributed by atoms with van der Waals surface area (Å²) in [6, 6.07) is 0. The number of esters is 1. The van der Waals surface area contributed by atoms with Crippen LogP contribution in [0.15, 0.2) is 0 Å². The van der Waals surface area contributed by atoms with Gasteiger partial charge in [0.2, 0.25) is 0 Å². The molecule has 0 aromatic rings. The highest BCUT2D eigenvalue weighted by atomic mass is 16.5. The quantitative estimate of drug-likeness (QED) is 0.722. The predicted octanol–water partition coefficient (Wildman–Crippen LogP) is 1.26. The van der Waals surface area contributed by atoms with E-state index in [0.29, 0.717) is 26.1 Å². The van der Waals surface area contributed by atoms with Crippen LogP contribution in [0.3, 0.4) is 0 Å². The second-order valence-electron chi connectivity index (χ2n) is 4.74. The van der Waals surface area contributed by atoms with Crippen LogP contribution in [-0.2, 0) is 14.3 Å². The molecule has 1 saturated heterocycles. The van der Waals surface area contributed by atoms with E-state index in [9.17, 15) is 9.90 Å². The van der Waals surface area contributed by atoms with Gasteiger partial charge in [-0.3, -0.25) is 4.79 Å². The fraction of sp³-hybridized carbons (Fsp3) is 0.909. The van der Waals surface area contributed by atoms with Crippen molar-refractivity contribution in [3.05, 3.63) is 0 Å². The summed E-state index contributed by atoms with van der Waals surface area (Å²) in [5.41, 5.74) is -1.33. The number of rotatable bonds is 3. The molecule has 1 heterocycles. The molecule has 0 radical (unpaired) electrons. The van der Waals surface area contributed by atoms with E-state index in [1.807, 2.05) is 13.8 Å². The monoisotopic (exact) mass is 216 g/mol. The van der Waals surface area contributed by atoms with E-state index >= 15 is 0 Å². The molecule has 15 heavy (non-hydrogen) atoms. The van der Waals surface area contributed by atoms with Crippen molar-refractivity contribution in [2.45, 2.75) is 51.2 Å². The molecule has 1 fully saturated rings. The van der Waals surface area contributed by atoms with Gasteiger partial charge in [-0.25, -0.2) is 0 Å². The third kappa shape index (κ3) is 3.80. The summed E-state index contributed by atoms with van der Waals surface area (Å²) < 4.78 is 10.3. The number of hydrogen-bond acceptors (Lipinski definition) is 4. The van der Waals surface area contributed by atoms with Crippen molar-refractivity contribution in [1.82, 2.24) is 0 Å². The number of hydrogen-bond donors (Lipinski definition) is 1. The number of aliphatic hydroxyl groups is 1. The van der Waals surface area contributed by atoms with Crippen LogP contribution < -0.4 is 0 Å². The van der Waals surface area contributed by atoms with Crippen LogP contribution >= 0.6 is 0 Å². The highest BCUT2D eigenvalue weighted by Gasteiger charge is 2.41. The first kappa shape index (κ1) is 12.5. The fourth-order valence-corrected chi connectivity index (χ4v) is 2.08. The first-order chi connectivity index (χ1) is 6.87. The van der Waals surface area contributed by atoms with Crippen molar-refractivity contribution in [3.8, 4) is 0 Å². The second kappa shape index (κ2) is 4.49. The molecule has 1 atom stereocenters. The molecule has 0 amide bonds. The van der Waals surface area contributed by atoms with Gasteiger partial charge in [-0.1, -0.05) is 0 Å². The van der Waals surface area contributed by atoms with E-state index < -0.39 is 5.60 Å². The average molecular weight is 216 g/mol. The van der Waals surface area contributed by atoms with Gasteiger partial charge in [-0.15, -0.1) is 0 Å². The summed E-state index contributed by atoms with van der Waals surface area (Å²) in [6.07, 6.45) is 1.03. The van der Waals surface area contributed by atoms with E-state index in [-0.39, 0.29) is 18.0 Å². The Labute approximate surface area is 90.6 Å². The molecule has 0 aromatic carbocycles. The summed E-state index contributed by atoms with van der Waals surface area (Å²) in [5.74, 6) is -0.335. The maximum Gasteiger partial charge on any atom is 0.308 e. The Bertz CT molecular complexity index is 237. The van der Waals surface area contributed by atoms with Gasteiger partial charge in [-0.05, 0) is 20.8 Å². The van der Waals surface area contributed by atoms with Gasteiger partial charge in [-0.2, -0.15) is 0 Å². The van der Waals surface area contributed by atoms with Gasteiger partial charge >= 0.3 is 5.97 Å². The zero-order valence-corrected chi connectivity index (χ0v) is 9.71. The standard InChI is InChI=1S/C11H20O4/c1-4-14-9(12)7-11(13)5-6-15-10(2,3)8-11/h13H,4-8H2,1-3H3/t11-/m1/s1. The van der Waals surface area contributed by atoms with Crippen molar-refractivity contribution in [2.24, 2.45) is 0 Å². The molecule has 4 nitrogen and oxygen atoms in total. The van der Waals surface area contributed by atoms with Gasteiger partial charge in [0.1, 0.15) is 0 Å². The Morgan fingerprint density at radius 2 is 2.20 bits per heavy atom. The normalized spacial score (nSPS) is 29.9. The maximum absolute atomic E-state index is 11.3. The molecule has 0 bridgehead atoms. The van der Waals surface area contributed by atoms with Crippen molar-refractivity contribution in [1.29, 1.82) is 0 Å². The van der Waals surface area contributed by atoms with E-state index in [0.717, 1.165) is 0 Å². The molecule has 0 aromatic heterocycles. The highest BCUT2D eigenvalue weighted by Crippen LogP contribution is 2.34. The minimum absolute atomic E-state index is 0.0631. The molecule has 1 aliphatic heterocycles. The smallest absolute Gasteiger partial charge is 0.308 e. The SMILES string of the molecule is CCOC(=O)C[C@]1(O)CCOC(C)(C)C1. The van der Waals surface area contributed by atoms with Gasteiger partial charge in [0.25, 0.3) is 0 Å². The molecular formula is C11H20O4. The molecule has 4 heteroatoms. The van der Waals surface area contributed by atoms with Crippen LogP contribution in [-0.4, -0.2) is 35.5 Å². The number of ether oxygens (including phenoxy) is 2. The van der Waals surface area contributed by atoms with Crippen LogP contribution in [0.5, 0.6) is 0 Å². The minimum atomic E-state index is -0.964. The Kier molecular flexibility index (Phi) is 3.73. The highest BCUT2D eigenvalue weighted by molar-refractivity contribution is 5.70. The molecule has 1 rings (SSSR count). The van der Waals surface area contributed by atoms with Crippen LogP contribution in [0.4, 0.5) is 0 Å². The summed E-state index contributed by atoms with van der Waals surface area (Å²) in [5, 5.41) is 10.2. The van der Waals surface area contributed by atoms with Gasteiger partial charge in [0.05, 0.1) is 30.8 Å². The molecule has 0 saturated carbocycles. The molecule has 0 unspecified atom stereocenters. The summed E-state index contributed by atoms with van der Waals surface area (Å²) >= 11 is 0. The van der Waals surface area contributed by atoms with Crippen molar-refractivity contribution >= 4 is 5.97 Å². The van der Waals surface area contributed by atoms with Crippen LogP contribution in [0, 0.1) is 0 Å². The van der Waals surface area contributed by atoms with Gasteiger partial charge in [0, 0.05) is 12.8 Å². The first-order valence-corrected chi connectivity index (χ1v) is 5.39. The summed E-state index contributed by atoms with van der Waals surface area (Å²) in [6.45, 7) is 6.44. The summed E-state index contributed by atoms with van der Waals surface area (Å²) in [4.78, 5) is 11.3. The fourth-order valence-electron chi connectivity index (χ4n) is 2.08.